The predicted molar refractivity (Wildman–Crippen MR) is 84.7 cm³/mol. The first kappa shape index (κ1) is 15.4. The summed E-state index contributed by atoms with van der Waals surface area (Å²) in [6.07, 6.45) is 3.50. The zero-order valence-electron chi connectivity index (χ0n) is 12.1. The van der Waals surface area contributed by atoms with Gasteiger partial charge in [-0.2, -0.15) is 0 Å². The van der Waals surface area contributed by atoms with Crippen molar-refractivity contribution >= 4 is 21.8 Å². The molecule has 2 rings (SSSR count). The van der Waals surface area contributed by atoms with Crippen LogP contribution in [0.1, 0.15) is 43.5 Å². The SMILES string of the molecule is CC(C)Oc1cccc(C(=O)N2CCCCC2CBr)c1. The molecule has 20 heavy (non-hydrogen) atoms. The molecule has 1 aliphatic rings. The minimum absolute atomic E-state index is 0.114. The molecule has 1 aliphatic heterocycles. The number of hydrogen-bond donors (Lipinski definition) is 0. The molecule has 0 aromatic heterocycles. The average molecular weight is 340 g/mol. The number of carbonyl (C=O) groups is 1. The topological polar surface area (TPSA) is 29.5 Å². The molecule has 0 saturated carbocycles. The first-order valence-corrected chi connectivity index (χ1v) is 8.37. The van der Waals surface area contributed by atoms with Crippen molar-refractivity contribution in [1.29, 1.82) is 0 Å². The Labute approximate surface area is 129 Å². The van der Waals surface area contributed by atoms with E-state index in [1.165, 1.54) is 6.42 Å². The summed E-state index contributed by atoms with van der Waals surface area (Å²) in [7, 11) is 0. The molecular formula is C16H22BrNO2. The summed E-state index contributed by atoms with van der Waals surface area (Å²) in [5.41, 5.74) is 0.719. The highest BCUT2D eigenvalue weighted by Crippen LogP contribution is 2.23. The maximum Gasteiger partial charge on any atom is 0.254 e. The number of benzene rings is 1. The van der Waals surface area contributed by atoms with E-state index in [-0.39, 0.29) is 12.0 Å². The molecule has 1 atom stereocenters. The van der Waals surface area contributed by atoms with E-state index in [1.54, 1.807) is 0 Å². The summed E-state index contributed by atoms with van der Waals surface area (Å²) >= 11 is 3.52. The predicted octanol–water partition coefficient (Wildman–Crippen LogP) is 3.86. The first-order valence-electron chi connectivity index (χ1n) is 7.25. The monoisotopic (exact) mass is 339 g/mol. The van der Waals surface area contributed by atoms with Crippen LogP contribution in [0.15, 0.2) is 24.3 Å². The van der Waals surface area contributed by atoms with E-state index in [0.29, 0.717) is 6.04 Å². The zero-order chi connectivity index (χ0) is 14.5. The van der Waals surface area contributed by atoms with E-state index >= 15 is 0 Å². The van der Waals surface area contributed by atoms with Crippen molar-refractivity contribution in [2.75, 3.05) is 11.9 Å². The summed E-state index contributed by atoms with van der Waals surface area (Å²) in [6.45, 7) is 4.82. The molecule has 1 saturated heterocycles. The van der Waals surface area contributed by atoms with E-state index in [2.05, 4.69) is 15.9 Å². The molecule has 4 heteroatoms. The molecule has 110 valence electrons. The largest absolute Gasteiger partial charge is 0.491 e. The van der Waals surface area contributed by atoms with Crippen molar-refractivity contribution in [1.82, 2.24) is 4.90 Å². The lowest BCUT2D eigenvalue weighted by molar-refractivity contribution is 0.0641. The Morgan fingerprint density at radius 2 is 2.25 bits per heavy atom. The van der Waals surface area contributed by atoms with Crippen molar-refractivity contribution < 1.29 is 9.53 Å². The number of likely N-dealkylation sites (tertiary alicyclic amines) is 1. The number of hydrogen-bond acceptors (Lipinski definition) is 2. The Morgan fingerprint density at radius 1 is 1.45 bits per heavy atom. The number of rotatable bonds is 4. The number of nitrogens with zero attached hydrogens (tertiary/aromatic N) is 1. The summed E-state index contributed by atoms with van der Waals surface area (Å²) in [5.74, 6) is 0.876. The van der Waals surface area contributed by atoms with Crippen molar-refractivity contribution in [3.05, 3.63) is 29.8 Å². The van der Waals surface area contributed by atoms with Gasteiger partial charge in [0.05, 0.1) is 6.10 Å². The van der Waals surface area contributed by atoms with Crippen LogP contribution in [0.4, 0.5) is 0 Å². The van der Waals surface area contributed by atoms with Crippen molar-refractivity contribution in [3.8, 4) is 5.75 Å². The van der Waals surface area contributed by atoms with Gasteiger partial charge in [0.25, 0.3) is 5.91 Å². The van der Waals surface area contributed by atoms with E-state index in [9.17, 15) is 4.79 Å². The Balaban J connectivity index is 2.15. The lowest BCUT2D eigenvalue weighted by Crippen LogP contribution is -2.44. The van der Waals surface area contributed by atoms with Crippen LogP contribution in [0.2, 0.25) is 0 Å². The highest BCUT2D eigenvalue weighted by atomic mass is 79.9. The van der Waals surface area contributed by atoms with Gasteiger partial charge >= 0.3 is 0 Å². The average Bonchev–Trinajstić information content (AvgIpc) is 2.46. The van der Waals surface area contributed by atoms with Gasteiger partial charge in [0.15, 0.2) is 0 Å². The fourth-order valence-electron chi connectivity index (χ4n) is 2.57. The van der Waals surface area contributed by atoms with Crippen LogP contribution in [0, 0.1) is 0 Å². The van der Waals surface area contributed by atoms with E-state index in [4.69, 9.17) is 4.74 Å². The van der Waals surface area contributed by atoms with Crippen LogP contribution in [-0.4, -0.2) is 34.8 Å². The molecule has 1 aromatic carbocycles. The van der Waals surface area contributed by atoms with Gasteiger partial charge in [0, 0.05) is 23.5 Å². The Morgan fingerprint density at radius 3 is 2.95 bits per heavy atom. The molecule has 1 unspecified atom stereocenters. The molecule has 0 aliphatic carbocycles. The van der Waals surface area contributed by atoms with Crippen LogP contribution < -0.4 is 4.74 Å². The summed E-state index contributed by atoms with van der Waals surface area (Å²) in [5, 5.41) is 0.848. The van der Waals surface area contributed by atoms with Gasteiger partial charge in [0.1, 0.15) is 5.75 Å². The van der Waals surface area contributed by atoms with Gasteiger partial charge in [-0.3, -0.25) is 4.79 Å². The number of piperidine rings is 1. The number of amides is 1. The highest BCUT2D eigenvalue weighted by molar-refractivity contribution is 9.09. The summed E-state index contributed by atoms with van der Waals surface area (Å²) in [6, 6.07) is 7.82. The number of alkyl halides is 1. The van der Waals surface area contributed by atoms with Gasteiger partial charge in [-0.05, 0) is 51.3 Å². The Bertz CT molecular complexity index is 462. The molecule has 0 radical (unpaired) electrons. The number of halogens is 1. The van der Waals surface area contributed by atoms with E-state index in [1.807, 2.05) is 43.0 Å². The molecule has 0 N–H and O–H groups in total. The van der Waals surface area contributed by atoms with Crippen molar-refractivity contribution in [2.24, 2.45) is 0 Å². The molecule has 1 aromatic rings. The van der Waals surface area contributed by atoms with Crippen molar-refractivity contribution in [2.45, 2.75) is 45.3 Å². The van der Waals surface area contributed by atoms with E-state index in [0.717, 1.165) is 36.0 Å². The van der Waals surface area contributed by atoms with Gasteiger partial charge < -0.3 is 9.64 Å². The van der Waals surface area contributed by atoms with Crippen LogP contribution in [0.25, 0.3) is 0 Å². The van der Waals surface area contributed by atoms with Gasteiger partial charge in [0.2, 0.25) is 0 Å². The molecular weight excluding hydrogens is 318 g/mol. The molecule has 0 bridgehead atoms. The third-order valence-corrected chi connectivity index (χ3v) is 4.27. The van der Waals surface area contributed by atoms with Gasteiger partial charge in [-0.15, -0.1) is 0 Å². The third kappa shape index (κ3) is 3.75. The molecule has 1 fully saturated rings. The first-order chi connectivity index (χ1) is 9.61. The summed E-state index contributed by atoms with van der Waals surface area (Å²) in [4.78, 5) is 14.6. The standard InChI is InChI=1S/C16H22BrNO2/c1-12(2)20-15-8-5-6-13(10-15)16(19)18-9-4-3-7-14(18)11-17/h5-6,8,10,12,14H,3-4,7,9,11H2,1-2H3. The molecule has 1 amide bonds. The lowest BCUT2D eigenvalue weighted by atomic mass is 10.0. The minimum Gasteiger partial charge on any atom is -0.491 e. The van der Waals surface area contributed by atoms with Crippen LogP contribution >= 0.6 is 15.9 Å². The third-order valence-electron chi connectivity index (χ3n) is 3.52. The zero-order valence-corrected chi connectivity index (χ0v) is 13.7. The maximum absolute atomic E-state index is 12.7. The highest BCUT2D eigenvalue weighted by Gasteiger charge is 2.26. The molecule has 0 spiro atoms. The number of ether oxygens (including phenoxy) is 1. The Kier molecular flexibility index (Phi) is 5.46. The quantitative estimate of drug-likeness (QED) is 0.779. The van der Waals surface area contributed by atoms with Gasteiger partial charge in [-0.1, -0.05) is 22.0 Å². The van der Waals surface area contributed by atoms with Gasteiger partial charge in [-0.25, -0.2) is 0 Å². The molecule has 1 heterocycles. The fraction of sp³-hybridized carbons (Fsp3) is 0.562. The maximum atomic E-state index is 12.7. The summed E-state index contributed by atoms with van der Waals surface area (Å²) < 4.78 is 5.67. The number of carbonyl (C=O) groups excluding carboxylic acids is 1. The Hall–Kier alpha value is -1.03. The normalized spacial score (nSPS) is 19.2. The second kappa shape index (κ2) is 7.11. The van der Waals surface area contributed by atoms with Crippen LogP contribution in [0.5, 0.6) is 5.75 Å². The van der Waals surface area contributed by atoms with E-state index < -0.39 is 0 Å². The van der Waals surface area contributed by atoms with Crippen LogP contribution in [0.3, 0.4) is 0 Å². The van der Waals surface area contributed by atoms with Crippen LogP contribution in [-0.2, 0) is 0 Å². The van der Waals surface area contributed by atoms with Crippen molar-refractivity contribution in [3.63, 3.8) is 0 Å². The minimum atomic E-state index is 0.114. The smallest absolute Gasteiger partial charge is 0.254 e. The fourth-order valence-corrected chi connectivity index (χ4v) is 3.24. The second-order valence-electron chi connectivity index (χ2n) is 5.50. The lowest BCUT2D eigenvalue weighted by Gasteiger charge is -2.34. The molecule has 3 nitrogen and oxygen atoms in total. The second-order valence-corrected chi connectivity index (χ2v) is 6.14.